The molecule has 0 heterocycles. The average molecular weight is 148 g/mol. The maximum atomic E-state index is 7.00. The predicted molar refractivity (Wildman–Crippen MR) is 41.9 cm³/mol. The maximum Gasteiger partial charge on any atom is 0.281 e. The van der Waals surface area contributed by atoms with Crippen molar-refractivity contribution in [2.75, 3.05) is 20.8 Å². The van der Waals surface area contributed by atoms with E-state index in [0.717, 1.165) is 13.5 Å². The molecule has 0 aromatic rings. The first-order valence-corrected chi connectivity index (χ1v) is 3.11. The van der Waals surface area contributed by atoms with Gasteiger partial charge in [0.25, 0.3) is 6.02 Å². The minimum Gasteiger partial charge on any atom is -0.465 e. The number of aliphatic hydroxyl groups is 1. The van der Waals surface area contributed by atoms with Gasteiger partial charge in [0.2, 0.25) is 0 Å². The van der Waals surface area contributed by atoms with E-state index in [0.29, 0.717) is 6.61 Å². The Morgan fingerprint density at radius 3 is 2.40 bits per heavy atom. The molecule has 0 saturated carbocycles. The molecule has 0 aromatic heterocycles. The van der Waals surface area contributed by atoms with Crippen molar-refractivity contribution in [3.05, 3.63) is 0 Å². The molecule has 10 heavy (non-hydrogen) atoms. The molecule has 62 valence electrons. The minimum absolute atomic E-state index is 0.270. The highest BCUT2D eigenvalue weighted by Crippen LogP contribution is 1.77. The molecule has 0 aliphatic heterocycles. The van der Waals surface area contributed by atoms with Gasteiger partial charge in [0.15, 0.2) is 0 Å². The molecule has 0 amide bonds. The minimum atomic E-state index is 0.270. The smallest absolute Gasteiger partial charge is 0.281 e. The molecular formula is C6H16N2O2. The number of rotatable bonds is 2. The zero-order valence-corrected chi connectivity index (χ0v) is 6.79. The molecule has 0 spiro atoms. The fourth-order valence-electron chi connectivity index (χ4n) is 0.271. The molecular weight excluding hydrogens is 132 g/mol. The predicted octanol–water partition coefficient (Wildman–Crippen LogP) is -0.0340. The molecule has 0 aromatic carbocycles. The van der Waals surface area contributed by atoms with Crippen LogP contribution in [0.5, 0.6) is 0 Å². The summed E-state index contributed by atoms with van der Waals surface area (Å²) in [5.41, 5.74) is 5.19. The van der Waals surface area contributed by atoms with Gasteiger partial charge in [-0.15, -0.1) is 0 Å². The molecule has 0 unspecified atom stereocenters. The van der Waals surface area contributed by atoms with E-state index in [2.05, 4.69) is 4.99 Å². The summed E-state index contributed by atoms with van der Waals surface area (Å²) in [6.45, 7) is 2.67. The van der Waals surface area contributed by atoms with Crippen LogP contribution in [0, 0.1) is 0 Å². The normalized spacial score (nSPS) is 9.80. The molecule has 0 rings (SSSR count). The van der Waals surface area contributed by atoms with Crippen molar-refractivity contribution in [3.63, 3.8) is 0 Å². The Hall–Kier alpha value is -0.770. The van der Waals surface area contributed by atoms with Gasteiger partial charge in [0.1, 0.15) is 0 Å². The highest BCUT2D eigenvalue weighted by molar-refractivity contribution is 5.70. The maximum absolute atomic E-state index is 7.00. The van der Waals surface area contributed by atoms with Crippen LogP contribution in [0.1, 0.15) is 13.3 Å². The third-order valence-electron chi connectivity index (χ3n) is 0.674. The third-order valence-corrected chi connectivity index (χ3v) is 0.674. The van der Waals surface area contributed by atoms with Gasteiger partial charge in [0, 0.05) is 14.2 Å². The quantitative estimate of drug-likeness (QED) is 0.426. The van der Waals surface area contributed by atoms with Crippen molar-refractivity contribution in [3.8, 4) is 0 Å². The molecule has 0 atom stereocenters. The Bertz CT molecular complexity index is 83.8. The van der Waals surface area contributed by atoms with Crippen LogP contribution in [-0.2, 0) is 4.74 Å². The highest BCUT2D eigenvalue weighted by Gasteiger charge is 1.84. The Morgan fingerprint density at radius 1 is 1.60 bits per heavy atom. The molecule has 4 nitrogen and oxygen atoms in total. The van der Waals surface area contributed by atoms with Crippen LogP contribution in [0.3, 0.4) is 0 Å². The molecule has 0 saturated heterocycles. The Balaban J connectivity index is 0. The first-order chi connectivity index (χ1) is 4.81. The first kappa shape index (κ1) is 12.0. The number of nitrogens with two attached hydrogens (primary N) is 1. The van der Waals surface area contributed by atoms with E-state index >= 15 is 0 Å². The van der Waals surface area contributed by atoms with E-state index in [9.17, 15) is 0 Å². The summed E-state index contributed by atoms with van der Waals surface area (Å²) < 4.78 is 4.87. The Labute approximate surface area is 61.7 Å². The van der Waals surface area contributed by atoms with Gasteiger partial charge in [-0.3, -0.25) is 0 Å². The monoisotopic (exact) mass is 148 g/mol. The number of hydrogen-bond acceptors (Lipinski definition) is 3. The van der Waals surface area contributed by atoms with Gasteiger partial charge in [-0.25, -0.2) is 4.99 Å². The number of hydrogen-bond donors (Lipinski definition) is 2. The lowest BCUT2D eigenvalue weighted by molar-refractivity contribution is 0.299. The Morgan fingerprint density at radius 2 is 2.10 bits per heavy atom. The van der Waals surface area contributed by atoms with Gasteiger partial charge in [0.05, 0.1) is 6.61 Å². The number of ether oxygens (including phenoxy) is 1. The van der Waals surface area contributed by atoms with E-state index in [1.165, 1.54) is 0 Å². The zero-order chi connectivity index (χ0) is 8.41. The third kappa shape index (κ3) is 10.3. The van der Waals surface area contributed by atoms with Crippen molar-refractivity contribution >= 4 is 6.02 Å². The van der Waals surface area contributed by atoms with Crippen LogP contribution < -0.4 is 5.73 Å². The van der Waals surface area contributed by atoms with Crippen LogP contribution in [-0.4, -0.2) is 31.9 Å². The van der Waals surface area contributed by atoms with Gasteiger partial charge in [-0.2, -0.15) is 0 Å². The van der Waals surface area contributed by atoms with Gasteiger partial charge in [-0.05, 0) is 6.42 Å². The van der Waals surface area contributed by atoms with E-state index in [1.807, 2.05) is 6.92 Å². The average Bonchev–Trinajstić information content (AvgIpc) is 2.04. The van der Waals surface area contributed by atoms with Crippen LogP contribution in [0.2, 0.25) is 0 Å². The summed E-state index contributed by atoms with van der Waals surface area (Å²) in [6.07, 6.45) is 0.968. The van der Waals surface area contributed by atoms with Crippen molar-refractivity contribution in [1.29, 1.82) is 0 Å². The fraction of sp³-hybridized carbons (Fsp3) is 0.833. The zero-order valence-electron chi connectivity index (χ0n) is 6.79. The van der Waals surface area contributed by atoms with Crippen molar-refractivity contribution in [1.82, 2.24) is 0 Å². The number of amidine groups is 1. The lowest BCUT2D eigenvalue weighted by Gasteiger charge is -1.98. The van der Waals surface area contributed by atoms with Crippen LogP contribution in [0.4, 0.5) is 0 Å². The van der Waals surface area contributed by atoms with Crippen LogP contribution >= 0.6 is 0 Å². The van der Waals surface area contributed by atoms with Crippen LogP contribution in [0.15, 0.2) is 4.99 Å². The van der Waals surface area contributed by atoms with E-state index in [1.54, 1.807) is 7.05 Å². The van der Waals surface area contributed by atoms with Gasteiger partial charge in [-0.1, -0.05) is 6.92 Å². The molecule has 0 fully saturated rings. The largest absolute Gasteiger partial charge is 0.465 e. The second-order valence-corrected chi connectivity index (χ2v) is 1.41. The van der Waals surface area contributed by atoms with Gasteiger partial charge < -0.3 is 15.6 Å². The van der Waals surface area contributed by atoms with Crippen LogP contribution in [0.25, 0.3) is 0 Å². The summed E-state index contributed by atoms with van der Waals surface area (Å²) in [7, 11) is 2.60. The van der Waals surface area contributed by atoms with Crippen molar-refractivity contribution < 1.29 is 9.84 Å². The standard InChI is InChI=1S/C5H12N2O.CH4O/c1-3-4-8-5(6)7-2;1-2/h3-4H2,1-2H3,(H2,6,7);2H,1H3. The second-order valence-electron chi connectivity index (χ2n) is 1.41. The second kappa shape index (κ2) is 11.1. The first-order valence-electron chi connectivity index (χ1n) is 3.11. The summed E-state index contributed by atoms with van der Waals surface area (Å²) in [6, 6.07) is 0.270. The molecule has 0 aliphatic carbocycles. The highest BCUT2D eigenvalue weighted by atomic mass is 16.5. The van der Waals surface area contributed by atoms with Gasteiger partial charge >= 0.3 is 0 Å². The lowest BCUT2D eigenvalue weighted by atomic mass is 10.5. The molecule has 4 heteroatoms. The van der Waals surface area contributed by atoms with Crippen molar-refractivity contribution in [2.24, 2.45) is 10.7 Å². The summed E-state index contributed by atoms with van der Waals surface area (Å²) in [4.78, 5) is 3.60. The van der Waals surface area contributed by atoms with E-state index in [4.69, 9.17) is 15.6 Å². The van der Waals surface area contributed by atoms with E-state index < -0.39 is 0 Å². The lowest BCUT2D eigenvalue weighted by Crippen LogP contribution is -2.15. The molecule has 0 aliphatic rings. The summed E-state index contributed by atoms with van der Waals surface area (Å²) in [5.74, 6) is 0. The van der Waals surface area contributed by atoms with E-state index in [-0.39, 0.29) is 6.02 Å². The molecule has 0 radical (unpaired) electrons. The SMILES string of the molecule is CCCOC(N)=NC.CO. The molecule has 3 N–H and O–H groups in total. The summed E-state index contributed by atoms with van der Waals surface area (Å²) >= 11 is 0. The molecule has 0 bridgehead atoms. The summed E-state index contributed by atoms with van der Waals surface area (Å²) in [5, 5.41) is 7.00. The number of aliphatic hydroxyl groups excluding tert-OH is 1. The topological polar surface area (TPSA) is 67.8 Å². The number of aliphatic imine (C=N–C) groups is 1. The number of nitrogens with zero attached hydrogens (tertiary/aromatic N) is 1. The van der Waals surface area contributed by atoms with Crippen molar-refractivity contribution in [2.45, 2.75) is 13.3 Å². The Kier molecular flexibility index (Phi) is 13.3. The fourth-order valence-corrected chi connectivity index (χ4v) is 0.271.